The summed E-state index contributed by atoms with van der Waals surface area (Å²) in [5.41, 5.74) is 1.78. The molecule has 28 heavy (non-hydrogen) atoms. The Bertz CT molecular complexity index is 1340. The van der Waals surface area contributed by atoms with Gasteiger partial charge in [0.1, 0.15) is 0 Å². The first kappa shape index (κ1) is 18.9. The topological polar surface area (TPSA) is 69.3 Å². The Morgan fingerprint density at radius 3 is 2.89 bits per heavy atom. The van der Waals surface area contributed by atoms with E-state index in [0.29, 0.717) is 44.0 Å². The Kier molecular flexibility index (Phi) is 5.09. The van der Waals surface area contributed by atoms with E-state index in [9.17, 15) is 9.59 Å². The van der Waals surface area contributed by atoms with E-state index in [2.05, 4.69) is 16.5 Å². The van der Waals surface area contributed by atoms with Crippen molar-refractivity contribution in [2.24, 2.45) is 0 Å². The lowest BCUT2D eigenvalue weighted by Crippen LogP contribution is -2.23. The van der Waals surface area contributed by atoms with E-state index in [1.165, 1.54) is 29.2 Å². The third kappa shape index (κ3) is 3.39. The molecule has 0 spiro atoms. The minimum absolute atomic E-state index is 0.110. The average molecular weight is 431 g/mol. The molecule has 0 amide bonds. The van der Waals surface area contributed by atoms with E-state index < -0.39 is 0 Å². The van der Waals surface area contributed by atoms with Gasteiger partial charge >= 0.3 is 0 Å². The molecule has 0 saturated carbocycles. The number of halogens is 1. The molecule has 0 unspecified atom stereocenters. The van der Waals surface area contributed by atoms with Gasteiger partial charge in [0, 0.05) is 34.5 Å². The molecular formula is C19H15ClN4O2S2. The molecule has 9 heteroatoms. The van der Waals surface area contributed by atoms with E-state index in [1.807, 2.05) is 12.3 Å². The smallest absolute Gasteiger partial charge is 0.262 e. The van der Waals surface area contributed by atoms with Crippen LogP contribution < -0.4 is 11.1 Å². The molecular weight excluding hydrogens is 416 g/mol. The molecule has 142 valence electrons. The number of hydrogen-bond donors (Lipinski definition) is 0. The van der Waals surface area contributed by atoms with Crippen molar-refractivity contribution < 1.29 is 0 Å². The highest BCUT2D eigenvalue weighted by molar-refractivity contribution is 7.98. The Morgan fingerprint density at radius 1 is 1.29 bits per heavy atom. The number of aryl methyl sites for hydroxylation is 1. The van der Waals surface area contributed by atoms with Gasteiger partial charge in [-0.15, -0.1) is 17.9 Å². The average Bonchev–Trinajstić information content (AvgIpc) is 3.04. The predicted octanol–water partition coefficient (Wildman–Crippen LogP) is 3.91. The lowest BCUT2D eigenvalue weighted by Gasteiger charge is -2.11. The Morgan fingerprint density at radius 2 is 2.11 bits per heavy atom. The zero-order valence-electron chi connectivity index (χ0n) is 14.9. The van der Waals surface area contributed by atoms with Crippen LogP contribution in [-0.4, -0.2) is 18.9 Å². The molecule has 1 aromatic carbocycles. The second-order valence-corrected chi connectivity index (χ2v) is 8.35. The van der Waals surface area contributed by atoms with Gasteiger partial charge in [-0.3, -0.25) is 18.6 Å². The van der Waals surface area contributed by atoms with Crippen molar-refractivity contribution in [2.45, 2.75) is 24.4 Å². The first-order valence-corrected chi connectivity index (χ1v) is 10.6. The largest absolute Gasteiger partial charge is 0.283 e. The second kappa shape index (κ2) is 7.54. The normalized spacial score (nSPS) is 11.4. The lowest BCUT2D eigenvalue weighted by atomic mass is 10.2. The van der Waals surface area contributed by atoms with Crippen molar-refractivity contribution in [3.63, 3.8) is 0 Å². The van der Waals surface area contributed by atoms with Crippen LogP contribution in [0.4, 0.5) is 0 Å². The summed E-state index contributed by atoms with van der Waals surface area (Å²) < 4.78 is 3.15. The van der Waals surface area contributed by atoms with Gasteiger partial charge in [0.05, 0.1) is 16.6 Å². The number of rotatable bonds is 5. The van der Waals surface area contributed by atoms with E-state index in [0.717, 1.165) is 5.69 Å². The summed E-state index contributed by atoms with van der Waals surface area (Å²) >= 11 is 8.83. The predicted molar refractivity (Wildman–Crippen MR) is 115 cm³/mol. The van der Waals surface area contributed by atoms with Crippen molar-refractivity contribution in [3.05, 3.63) is 79.4 Å². The fourth-order valence-corrected chi connectivity index (χ4v) is 4.85. The molecule has 4 aromatic rings. The molecule has 0 N–H and O–H groups in total. The quantitative estimate of drug-likeness (QED) is 0.273. The maximum Gasteiger partial charge on any atom is 0.262 e. The fraction of sp³-hybridized carbons (Fsp3) is 0.158. The van der Waals surface area contributed by atoms with Gasteiger partial charge in [0.15, 0.2) is 10.1 Å². The Hall–Kier alpha value is -2.42. The highest BCUT2D eigenvalue weighted by Crippen LogP contribution is 2.23. The monoisotopic (exact) mass is 430 g/mol. The van der Waals surface area contributed by atoms with Gasteiger partial charge in [-0.25, -0.2) is 9.97 Å². The standard InChI is InChI=1S/C19H15ClN4O2S2/c1-3-6-23-17(26)14-5-4-12(20)7-15(14)22-18(23)28-10-13-8-16(25)24-11(2)9-27-19(24)21-13/h3-5,7-9H,1,6,10H2,2H3. The number of thiazole rings is 1. The third-order valence-corrected chi connectivity index (χ3v) is 6.36. The summed E-state index contributed by atoms with van der Waals surface area (Å²) in [5, 5.41) is 3.45. The molecule has 0 saturated heterocycles. The highest BCUT2D eigenvalue weighted by Gasteiger charge is 2.13. The van der Waals surface area contributed by atoms with Crippen molar-refractivity contribution in [3.8, 4) is 0 Å². The van der Waals surface area contributed by atoms with Gasteiger partial charge in [-0.05, 0) is 25.1 Å². The van der Waals surface area contributed by atoms with Gasteiger partial charge in [0.25, 0.3) is 11.1 Å². The zero-order valence-corrected chi connectivity index (χ0v) is 17.3. The molecule has 0 atom stereocenters. The van der Waals surface area contributed by atoms with Crippen LogP contribution in [-0.2, 0) is 12.3 Å². The summed E-state index contributed by atoms with van der Waals surface area (Å²) in [5.74, 6) is 0.415. The third-order valence-electron chi connectivity index (χ3n) is 4.17. The second-order valence-electron chi connectivity index (χ2n) is 6.13. The summed E-state index contributed by atoms with van der Waals surface area (Å²) in [4.78, 5) is 35.0. The van der Waals surface area contributed by atoms with Gasteiger partial charge in [0.2, 0.25) is 0 Å². The maximum absolute atomic E-state index is 12.8. The number of allylic oxidation sites excluding steroid dienone is 1. The van der Waals surface area contributed by atoms with E-state index in [4.69, 9.17) is 11.6 Å². The maximum atomic E-state index is 12.8. The van der Waals surface area contributed by atoms with Crippen LogP contribution in [0, 0.1) is 6.92 Å². The summed E-state index contributed by atoms with van der Waals surface area (Å²) in [6, 6.07) is 6.55. The molecule has 3 heterocycles. The van der Waals surface area contributed by atoms with E-state index >= 15 is 0 Å². The molecule has 0 radical (unpaired) electrons. The number of aromatic nitrogens is 4. The number of thioether (sulfide) groups is 1. The molecule has 0 aliphatic rings. The van der Waals surface area contributed by atoms with Crippen molar-refractivity contribution in [2.75, 3.05) is 0 Å². The molecule has 0 aliphatic heterocycles. The minimum atomic E-state index is -0.151. The van der Waals surface area contributed by atoms with Crippen LogP contribution in [0.15, 0.2) is 57.0 Å². The van der Waals surface area contributed by atoms with Crippen LogP contribution in [0.1, 0.15) is 11.4 Å². The first-order chi connectivity index (χ1) is 13.5. The van der Waals surface area contributed by atoms with Crippen LogP contribution in [0.3, 0.4) is 0 Å². The lowest BCUT2D eigenvalue weighted by molar-refractivity contribution is 0.671. The van der Waals surface area contributed by atoms with Gasteiger partial charge in [-0.1, -0.05) is 29.4 Å². The molecule has 4 rings (SSSR count). The Labute approximate surface area is 173 Å². The van der Waals surface area contributed by atoms with Crippen molar-refractivity contribution in [1.82, 2.24) is 18.9 Å². The summed E-state index contributed by atoms with van der Waals surface area (Å²) in [6.07, 6.45) is 1.65. The molecule has 0 aliphatic carbocycles. The van der Waals surface area contributed by atoms with Crippen LogP contribution in [0.5, 0.6) is 0 Å². The number of nitrogens with zero attached hydrogens (tertiary/aromatic N) is 4. The minimum Gasteiger partial charge on any atom is -0.283 e. The number of benzene rings is 1. The fourth-order valence-electron chi connectivity index (χ4n) is 2.89. The van der Waals surface area contributed by atoms with Crippen molar-refractivity contribution >= 4 is 50.6 Å². The van der Waals surface area contributed by atoms with Gasteiger partial charge < -0.3 is 0 Å². The molecule has 0 bridgehead atoms. The number of fused-ring (bicyclic) bond motifs is 2. The number of hydrogen-bond acceptors (Lipinski definition) is 6. The van der Waals surface area contributed by atoms with Crippen LogP contribution >= 0.6 is 34.7 Å². The zero-order chi connectivity index (χ0) is 19.8. The molecule has 6 nitrogen and oxygen atoms in total. The highest BCUT2D eigenvalue weighted by atomic mass is 35.5. The van der Waals surface area contributed by atoms with Crippen LogP contribution in [0.25, 0.3) is 15.9 Å². The summed E-state index contributed by atoms with van der Waals surface area (Å²) in [7, 11) is 0. The van der Waals surface area contributed by atoms with Crippen LogP contribution in [0.2, 0.25) is 5.02 Å². The summed E-state index contributed by atoms with van der Waals surface area (Å²) in [6.45, 7) is 5.94. The molecule has 3 aromatic heterocycles. The molecule has 0 fully saturated rings. The van der Waals surface area contributed by atoms with Gasteiger partial charge in [-0.2, -0.15) is 0 Å². The first-order valence-electron chi connectivity index (χ1n) is 8.38. The Balaban J connectivity index is 1.74. The van der Waals surface area contributed by atoms with E-state index in [-0.39, 0.29) is 11.1 Å². The SMILES string of the molecule is C=CCn1c(SCc2cc(=O)n3c(C)csc3n2)nc2cc(Cl)ccc2c1=O. The van der Waals surface area contributed by atoms with Crippen molar-refractivity contribution in [1.29, 1.82) is 0 Å². The van der Waals surface area contributed by atoms with E-state index in [1.54, 1.807) is 33.2 Å².